The van der Waals surface area contributed by atoms with Crippen molar-refractivity contribution in [3.05, 3.63) is 63.1 Å². The van der Waals surface area contributed by atoms with Crippen molar-refractivity contribution < 1.29 is 27.2 Å². The molecule has 0 spiro atoms. The first-order valence-corrected chi connectivity index (χ1v) is 9.02. The molecule has 29 heavy (non-hydrogen) atoms. The minimum atomic E-state index is -4.83. The van der Waals surface area contributed by atoms with E-state index < -0.39 is 46.5 Å². The number of carbonyl (C=O) groups is 2. The highest BCUT2D eigenvalue weighted by molar-refractivity contribution is 6.31. The molecule has 3 rings (SSSR count). The Bertz CT molecular complexity index is 984. The zero-order chi connectivity index (χ0) is 21.5. The first-order chi connectivity index (χ1) is 13.5. The Morgan fingerprint density at radius 2 is 1.90 bits per heavy atom. The smallest absolute Gasteiger partial charge is 0.369 e. The SMILES string of the molecule is NC(=O)C1CC(=O)N([C@@H](c2ccc(F)c(Cl)c2)c2ccc(Cl)c(C(F)(F)F)n2)C1. The number of nitrogens with zero attached hydrogens (tertiary/aromatic N) is 2. The van der Waals surface area contributed by atoms with Gasteiger partial charge in [0.05, 0.1) is 27.7 Å². The number of likely N-dealkylation sites (tertiary alicyclic amines) is 1. The summed E-state index contributed by atoms with van der Waals surface area (Å²) in [7, 11) is 0. The minimum Gasteiger partial charge on any atom is -0.369 e. The molecular weight excluding hydrogens is 437 g/mol. The maximum absolute atomic E-state index is 13.6. The lowest BCUT2D eigenvalue weighted by Crippen LogP contribution is -2.33. The molecule has 0 bridgehead atoms. The van der Waals surface area contributed by atoms with Gasteiger partial charge in [0.25, 0.3) is 0 Å². The van der Waals surface area contributed by atoms with Crippen molar-refractivity contribution >= 4 is 35.0 Å². The van der Waals surface area contributed by atoms with Crippen LogP contribution in [-0.2, 0) is 15.8 Å². The molecule has 2 N–H and O–H groups in total. The number of halogens is 6. The Balaban J connectivity index is 2.15. The summed E-state index contributed by atoms with van der Waals surface area (Å²) < 4.78 is 53.4. The van der Waals surface area contributed by atoms with Crippen molar-refractivity contribution in [2.75, 3.05) is 6.54 Å². The molecule has 2 aromatic rings. The van der Waals surface area contributed by atoms with Crippen LogP contribution in [0.1, 0.15) is 29.4 Å². The largest absolute Gasteiger partial charge is 0.434 e. The summed E-state index contributed by atoms with van der Waals surface area (Å²) >= 11 is 11.5. The van der Waals surface area contributed by atoms with Gasteiger partial charge in [-0.1, -0.05) is 29.3 Å². The minimum absolute atomic E-state index is 0.126. The third-order valence-electron chi connectivity index (χ3n) is 4.55. The average Bonchev–Trinajstić information content (AvgIpc) is 3.00. The molecule has 1 aliphatic rings. The number of carbonyl (C=O) groups excluding carboxylic acids is 2. The molecule has 5 nitrogen and oxygen atoms in total. The molecule has 0 saturated carbocycles. The van der Waals surface area contributed by atoms with Gasteiger partial charge in [0.2, 0.25) is 11.8 Å². The van der Waals surface area contributed by atoms with E-state index in [1.165, 1.54) is 23.1 Å². The Morgan fingerprint density at radius 1 is 1.21 bits per heavy atom. The highest BCUT2D eigenvalue weighted by Crippen LogP contribution is 2.38. The zero-order valence-electron chi connectivity index (χ0n) is 14.5. The highest BCUT2D eigenvalue weighted by atomic mass is 35.5. The zero-order valence-corrected chi connectivity index (χ0v) is 16.0. The van der Waals surface area contributed by atoms with Crippen molar-refractivity contribution in [2.24, 2.45) is 11.7 Å². The number of amides is 2. The van der Waals surface area contributed by atoms with E-state index in [1.54, 1.807) is 0 Å². The van der Waals surface area contributed by atoms with Gasteiger partial charge in [0.15, 0.2) is 5.69 Å². The summed E-state index contributed by atoms with van der Waals surface area (Å²) in [5, 5.41) is -0.893. The third kappa shape index (κ3) is 4.30. The molecule has 0 aliphatic carbocycles. The molecule has 2 heterocycles. The van der Waals surface area contributed by atoms with Crippen LogP contribution in [0.4, 0.5) is 17.6 Å². The topological polar surface area (TPSA) is 76.3 Å². The summed E-state index contributed by atoms with van der Waals surface area (Å²) in [5.41, 5.74) is 4.00. The lowest BCUT2D eigenvalue weighted by atomic mass is 10.0. The highest BCUT2D eigenvalue weighted by Gasteiger charge is 2.41. The molecule has 1 saturated heterocycles. The lowest BCUT2D eigenvalue weighted by molar-refractivity contribution is -0.141. The fraction of sp³-hybridized carbons (Fsp3) is 0.278. The van der Waals surface area contributed by atoms with Crippen LogP contribution in [0.2, 0.25) is 10.0 Å². The standard InChI is InChI=1S/C18H13Cl2F4N3O2/c19-10-2-4-13(26-16(10)18(22,23)24)15(8-1-3-12(21)11(20)5-8)27-7-9(17(25)29)6-14(27)28/h1-5,9,15H,6-7H2,(H2,25,29)/t9?,15-/m0/s1. The van der Waals surface area contributed by atoms with Crippen LogP contribution in [0.25, 0.3) is 0 Å². The number of hydrogen-bond acceptors (Lipinski definition) is 3. The van der Waals surface area contributed by atoms with Crippen molar-refractivity contribution in [1.82, 2.24) is 9.88 Å². The quantitative estimate of drug-likeness (QED) is 0.717. The Morgan fingerprint density at radius 3 is 2.45 bits per heavy atom. The Labute approximate surface area is 172 Å². The second-order valence-corrected chi connectivity index (χ2v) is 7.30. The van der Waals surface area contributed by atoms with Crippen LogP contribution in [0, 0.1) is 11.7 Å². The van der Waals surface area contributed by atoms with Crippen LogP contribution >= 0.6 is 23.2 Å². The van der Waals surface area contributed by atoms with Gasteiger partial charge in [0.1, 0.15) is 5.82 Å². The number of primary amides is 1. The molecule has 2 atom stereocenters. The number of pyridine rings is 1. The first-order valence-electron chi connectivity index (χ1n) is 8.26. The van der Waals surface area contributed by atoms with Crippen LogP contribution in [-0.4, -0.2) is 28.2 Å². The summed E-state index contributed by atoms with van der Waals surface area (Å²) in [6, 6.07) is 4.58. The third-order valence-corrected chi connectivity index (χ3v) is 5.14. The molecule has 2 amide bonds. The van der Waals surface area contributed by atoms with Crippen molar-refractivity contribution in [2.45, 2.75) is 18.6 Å². The number of benzene rings is 1. The van der Waals surface area contributed by atoms with Gasteiger partial charge in [-0.15, -0.1) is 0 Å². The monoisotopic (exact) mass is 449 g/mol. The van der Waals surface area contributed by atoms with Crippen LogP contribution < -0.4 is 5.73 Å². The van der Waals surface area contributed by atoms with Gasteiger partial charge >= 0.3 is 6.18 Å². The van der Waals surface area contributed by atoms with E-state index in [-0.39, 0.29) is 29.2 Å². The number of alkyl halides is 3. The number of aromatic nitrogens is 1. The summed E-state index contributed by atoms with van der Waals surface area (Å²) in [5.74, 6) is -2.77. The van der Waals surface area contributed by atoms with E-state index in [2.05, 4.69) is 4.98 Å². The van der Waals surface area contributed by atoms with Crippen LogP contribution in [0.15, 0.2) is 30.3 Å². The summed E-state index contributed by atoms with van der Waals surface area (Å²) in [4.78, 5) is 28.8. The Kier molecular flexibility index (Phi) is 5.73. The summed E-state index contributed by atoms with van der Waals surface area (Å²) in [6.45, 7) is -0.126. The average molecular weight is 450 g/mol. The van der Waals surface area contributed by atoms with Crippen molar-refractivity contribution in [3.8, 4) is 0 Å². The van der Waals surface area contributed by atoms with Gasteiger partial charge in [0, 0.05) is 13.0 Å². The second kappa shape index (κ2) is 7.79. The van der Waals surface area contributed by atoms with E-state index in [0.29, 0.717) is 0 Å². The second-order valence-electron chi connectivity index (χ2n) is 6.49. The van der Waals surface area contributed by atoms with E-state index in [1.807, 2.05) is 0 Å². The van der Waals surface area contributed by atoms with E-state index >= 15 is 0 Å². The molecule has 0 radical (unpaired) electrons. The van der Waals surface area contributed by atoms with E-state index in [0.717, 1.165) is 12.1 Å². The maximum Gasteiger partial charge on any atom is 0.434 e. The molecule has 154 valence electrons. The number of rotatable bonds is 4. The van der Waals surface area contributed by atoms with Gasteiger partial charge in [-0.2, -0.15) is 13.2 Å². The molecule has 1 aromatic carbocycles. The van der Waals surface area contributed by atoms with Crippen molar-refractivity contribution in [3.63, 3.8) is 0 Å². The fourth-order valence-electron chi connectivity index (χ4n) is 3.17. The molecule has 1 unspecified atom stereocenters. The number of nitrogens with two attached hydrogens (primary N) is 1. The molecule has 1 aromatic heterocycles. The molecular formula is C18H13Cl2F4N3O2. The predicted molar refractivity (Wildman–Crippen MR) is 96.5 cm³/mol. The van der Waals surface area contributed by atoms with Gasteiger partial charge in [-0.3, -0.25) is 9.59 Å². The van der Waals surface area contributed by atoms with Crippen LogP contribution in [0.5, 0.6) is 0 Å². The number of hydrogen-bond donors (Lipinski definition) is 1. The normalized spacial score (nSPS) is 18.2. The van der Waals surface area contributed by atoms with E-state index in [4.69, 9.17) is 28.9 Å². The Hall–Kier alpha value is -2.39. The van der Waals surface area contributed by atoms with Crippen LogP contribution in [0.3, 0.4) is 0 Å². The predicted octanol–water partition coefficient (Wildman–Crippen LogP) is 3.97. The molecule has 11 heteroatoms. The summed E-state index contributed by atoms with van der Waals surface area (Å²) in [6.07, 6.45) is -5.02. The maximum atomic E-state index is 13.6. The van der Waals surface area contributed by atoms with Gasteiger partial charge < -0.3 is 10.6 Å². The van der Waals surface area contributed by atoms with Gasteiger partial charge in [-0.05, 0) is 29.8 Å². The lowest BCUT2D eigenvalue weighted by Gasteiger charge is -2.29. The van der Waals surface area contributed by atoms with Gasteiger partial charge in [-0.25, -0.2) is 9.37 Å². The molecule has 1 fully saturated rings. The molecule has 1 aliphatic heterocycles. The fourth-order valence-corrected chi connectivity index (χ4v) is 3.57. The van der Waals surface area contributed by atoms with E-state index in [9.17, 15) is 27.2 Å². The van der Waals surface area contributed by atoms with Crippen molar-refractivity contribution in [1.29, 1.82) is 0 Å². The first kappa shape index (κ1) is 21.3.